The molecule has 1 atom stereocenters. The molecule has 0 aliphatic heterocycles. The van der Waals surface area contributed by atoms with Crippen molar-refractivity contribution in [1.82, 2.24) is 5.32 Å². The van der Waals surface area contributed by atoms with Gasteiger partial charge in [0.2, 0.25) is 0 Å². The summed E-state index contributed by atoms with van der Waals surface area (Å²) in [5.41, 5.74) is 1.13. The van der Waals surface area contributed by atoms with E-state index in [4.69, 9.17) is 9.47 Å². The quantitative estimate of drug-likeness (QED) is 0.719. The molecule has 1 N–H and O–H groups in total. The lowest BCUT2D eigenvalue weighted by atomic mass is 10.2. The van der Waals surface area contributed by atoms with Crippen molar-refractivity contribution in [2.75, 3.05) is 19.8 Å². The average Bonchev–Trinajstić information content (AvgIpc) is 2.37. The molecule has 0 bridgehead atoms. The zero-order chi connectivity index (χ0) is 14.3. The second-order valence-electron chi connectivity index (χ2n) is 4.25. The third-order valence-electron chi connectivity index (χ3n) is 2.59. The van der Waals surface area contributed by atoms with Crippen LogP contribution in [0.4, 0.5) is 0 Å². The van der Waals surface area contributed by atoms with Gasteiger partial charge in [-0.15, -0.1) is 0 Å². The first-order valence-electron chi connectivity index (χ1n) is 6.50. The maximum atomic E-state index is 5.70. The van der Waals surface area contributed by atoms with Gasteiger partial charge >= 0.3 is 0 Å². The molecule has 0 fully saturated rings. The van der Waals surface area contributed by atoms with E-state index in [1.54, 1.807) is 0 Å². The van der Waals surface area contributed by atoms with E-state index in [1.807, 2.05) is 19.9 Å². The van der Waals surface area contributed by atoms with E-state index in [2.05, 4.69) is 50.2 Å². The number of hydrogen-bond acceptors (Lipinski definition) is 3. The first-order chi connectivity index (χ1) is 9.08. The smallest absolute Gasteiger partial charge is 0.138 e. The molecule has 1 unspecified atom stereocenters. The predicted octanol–water partition coefficient (Wildman–Crippen LogP) is 4.12. The minimum atomic E-state index is 0.312. The number of halogens is 2. The lowest BCUT2D eigenvalue weighted by molar-refractivity contribution is 0.127. The molecule has 1 rings (SSSR count). The summed E-state index contributed by atoms with van der Waals surface area (Å²) in [7, 11) is 0. The second kappa shape index (κ2) is 8.95. The fourth-order valence-electron chi connectivity index (χ4n) is 1.69. The van der Waals surface area contributed by atoms with E-state index in [1.165, 1.54) is 0 Å². The summed E-state index contributed by atoms with van der Waals surface area (Å²) < 4.78 is 13.1. The van der Waals surface area contributed by atoms with E-state index in [-0.39, 0.29) is 0 Å². The molecule has 0 amide bonds. The van der Waals surface area contributed by atoms with Gasteiger partial charge in [-0.05, 0) is 48.8 Å². The van der Waals surface area contributed by atoms with Gasteiger partial charge < -0.3 is 14.8 Å². The van der Waals surface area contributed by atoms with Crippen LogP contribution < -0.4 is 10.1 Å². The van der Waals surface area contributed by atoms with E-state index < -0.39 is 0 Å². The first kappa shape index (κ1) is 17.0. The Morgan fingerprint density at radius 3 is 2.58 bits per heavy atom. The highest BCUT2D eigenvalue weighted by atomic mass is 79.9. The van der Waals surface area contributed by atoms with Crippen molar-refractivity contribution in [3.63, 3.8) is 0 Å². The predicted molar refractivity (Wildman–Crippen MR) is 85.8 cm³/mol. The maximum absolute atomic E-state index is 5.70. The molecular weight excluding hydrogens is 374 g/mol. The minimum absolute atomic E-state index is 0.312. The van der Waals surface area contributed by atoms with E-state index >= 15 is 0 Å². The van der Waals surface area contributed by atoms with Crippen LogP contribution in [0.25, 0.3) is 0 Å². The fraction of sp³-hybridized carbons (Fsp3) is 0.571. The monoisotopic (exact) mass is 393 g/mol. The molecule has 0 aromatic heterocycles. The Kier molecular flexibility index (Phi) is 7.99. The molecule has 0 saturated heterocycles. The summed E-state index contributed by atoms with van der Waals surface area (Å²) in [5.74, 6) is 0.904. The van der Waals surface area contributed by atoms with Crippen molar-refractivity contribution < 1.29 is 9.47 Å². The van der Waals surface area contributed by atoms with Crippen molar-refractivity contribution in [2.45, 2.75) is 33.4 Å². The molecule has 0 aliphatic rings. The Bertz CT molecular complexity index is 399. The molecule has 108 valence electrons. The number of hydrogen-bond donors (Lipinski definition) is 1. The normalized spacial score (nSPS) is 12.5. The first-order valence-corrected chi connectivity index (χ1v) is 8.08. The molecule has 0 saturated carbocycles. The van der Waals surface area contributed by atoms with Gasteiger partial charge in [0.05, 0.1) is 17.7 Å². The van der Waals surface area contributed by atoms with Crippen molar-refractivity contribution in [3.8, 4) is 5.75 Å². The van der Waals surface area contributed by atoms with E-state index in [0.29, 0.717) is 12.6 Å². The van der Waals surface area contributed by atoms with Gasteiger partial charge in [-0.25, -0.2) is 0 Å². The van der Waals surface area contributed by atoms with Crippen LogP contribution in [0.3, 0.4) is 0 Å². The fourth-order valence-corrected chi connectivity index (χ4v) is 3.12. The molecule has 0 radical (unpaired) electrons. The van der Waals surface area contributed by atoms with Gasteiger partial charge in [0.25, 0.3) is 0 Å². The average molecular weight is 395 g/mol. The summed E-state index contributed by atoms with van der Waals surface area (Å²) >= 11 is 7.05. The summed E-state index contributed by atoms with van der Waals surface area (Å²) in [6.07, 6.45) is 0. The zero-order valence-corrected chi connectivity index (χ0v) is 14.8. The van der Waals surface area contributed by atoms with E-state index in [0.717, 1.165) is 40.0 Å². The third-order valence-corrected chi connectivity index (χ3v) is 3.63. The maximum Gasteiger partial charge on any atom is 0.138 e. The van der Waals surface area contributed by atoms with Crippen LogP contribution in [0.1, 0.15) is 26.3 Å². The van der Waals surface area contributed by atoms with Crippen LogP contribution in [0.15, 0.2) is 21.1 Å². The summed E-state index contributed by atoms with van der Waals surface area (Å²) in [4.78, 5) is 0. The molecule has 19 heavy (non-hydrogen) atoms. The van der Waals surface area contributed by atoms with Gasteiger partial charge in [-0.3, -0.25) is 0 Å². The Morgan fingerprint density at radius 1 is 1.21 bits per heavy atom. The highest BCUT2D eigenvalue weighted by Crippen LogP contribution is 2.33. The SMILES string of the molecule is CCOCC(C)NCc1cc(Br)cc(Br)c1OCC. The Morgan fingerprint density at radius 2 is 1.95 bits per heavy atom. The van der Waals surface area contributed by atoms with Gasteiger partial charge in [-0.2, -0.15) is 0 Å². The summed E-state index contributed by atoms with van der Waals surface area (Å²) in [6, 6.07) is 4.39. The Balaban J connectivity index is 2.70. The number of benzene rings is 1. The van der Waals surface area contributed by atoms with Crippen molar-refractivity contribution in [3.05, 3.63) is 26.6 Å². The lowest BCUT2D eigenvalue weighted by Gasteiger charge is -2.17. The molecular formula is C14H21Br2NO2. The molecule has 1 aromatic carbocycles. The molecule has 0 spiro atoms. The van der Waals surface area contributed by atoms with Gasteiger partial charge in [-0.1, -0.05) is 15.9 Å². The molecule has 1 aromatic rings. The highest BCUT2D eigenvalue weighted by molar-refractivity contribution is 9.11. The largest absolute Gasteiger partial charge is 0.492 e. The van der Waals surface area contributed by atoms with Gasteiger partial charge in [0, 0.05) is 29.2 Å². The van der Waals surface area contributed by atoms with Crippen LogP contribution in [-0.2, 0) is 11.3 Å². The minimum Gasteiger partial charge on any atom is -0.492 e. The van der Waals surface area contributed by atoms with Crippen molar-refractivity contribution in [1.29, 1.82) is 0 Å². The molecule has 5 heteroatoms. The van der Waals surface area contributed by atoms with Crippen LogP contribution in [0.2, 0.25) is 0 Å². The van der Waals surface area contributed by atoms with Crippen molar-refractivity contribution in [2.24, 2.45) is 0 Å². The number of ether oxygens (including phenoxy) is 2. The third kappa shape index (κ3) is 5.81. The summed E-state index contributed by atoms with van der Waals surface area (Å²) in [5, 5.41) is 3.44. The second-order valence-corrected chi connectivity index (χ2v) is 6.02. The molecule has 0 aliphatic carbocycles. The van der Waals surface area contributed by atoms with Gasteiger partial charge in [0.15, 0.2) is 0 Å². The highest BCUT2D eigenvalue weighted by Gasteiger charge is 2.11. The topological polar surface area (TPSA) is 30.5 Å². The standard InChI is InChI=1S/C14H21Br2NO2/c1-4-18-9-10(3)17-8-11-6-12(15)7-13(16)14(11)19-5-2/h6-7,10,17H,4-5,8-9H2,1-3H3. The zero-order valence-electron chi connectivity index (χ0n) is 11.6. The van der Waals surface area contributed by atoms with Crippen LogP contribution in [-0.4, -0.2) is 25.9 Å². The van der Waals surface area contributed by atoms with Crippen LogP contribution in [0.5, 0.6) is 5.75 Å². The number of nitrogens with one attached hydrogen (secondary N) is 1. The Hall–Kier alpha value is -0.100. The molecule has 0 heterocycles. The lowest BCUT2D eigenvalue weighted by Crippen LogP contribution is -2.30. The van der Waals surface area contributed by atoms with Gasteiger partial charge in [0.1, 0.15) is 5.75 Å². The number of rotatable bonds is 8. The van der Waals surface area contributed by atoms with Crippen LogP contribution >= 0.6 is 31.9 Å². The van der Waals surface area contributed by atoms with Crippen molar-refractivity contribution >= 4 is 31.9 Å². The summed E-state index contributed by atoms with van der Waals surface area (Å²) in [6.45, 7) is 8.98. The van der Waals surface area contributed by atoms with E-state index in [9.17, 15) is 0 Å². The van der Waals surface area contributed by atoms with Crippen LogP contribution in [0, 0.1) is 0 Å². The molecule has 3 nitrogen and oxygen atoms in total. The Labute approximate surface area is 132 Å².